The number of carbonyl (C=O) groups is 2. The highest BCUT2D eigenvalue weighted by Crippen LogP contribution is 2.97. The minimum Gasteiger partial charge on any atom is -0.462 e. The van der Waals surface area contributed by atoms with Gasteiger partial charge < -0.3 is 37.3 Å². The fourth-order valence-corrected chi connectivity index (χ4v) is 33.5. The largest absolute Gasteiger partial charge is 0.462 e. The van der Waals surface area contributed by atoms with E-state index in [1.807, 2.05) is 0 Å². The van der Waals surface area contributed by atoms with Crippen LogP contribution in [0.2, 0.25) is 36.3 Å². The normalized spacial score (nSPS) is 18.4. The molecule has 0 N–H and O–H groups in total. The molecule has 0 unspecified atom stereocenters. The second kappa shape index (κ2) is 13.5. The first-order chi connectivity index (χ1) is 53.0. The molecule has 0 bridgehead atoms. The maximum absolute atomic E-state index is 18.1. The van der Waals surface area contributed by atoms with Crippen LogP contribution in [0.4, 0.5) is 0 Å². The Labute approximate surface area is 611 Å². The van der Waals surface area contributed by atoms with Gasteiger partial charge in [0.05, 0.1) is 76.9 Å². The van der Waals surface area contributed by atoms with Gasteiger partial charge in [-0.05, 0) is 403 Å². The number of ether oxygens (including phenoxy) is 6. The number of hydrogen-bond donors (Lipinski definition) is 0. The lowest BCUT2D eigenvalue weighted by molar-refractivity contribution is -0.168. The SMILES string of the molecule is CC(C)(C)[Si](C)(C)OCCOCCOCCOC(=O)C1(C(=O)OCCOCCOCCO[Si](C)(C)C(C)(C)C)C23c4c5c6c7c8c9c(c%10c%11c2c2c4c4c%12c5c5c6c6c8c8c%13c9c9c%10c%10c%11c%11c2c2c4c4c%14c%12c%12c5c5c6c8c6c8c%13c9c9c%10c%10c%11c%11c2c4c2c4c%14c%12c%12c5c6c5c6c8c9c8c%10c%11c2c(c86)c4c%125)C713. The fourth-order valence-electron chi connectivity index (χ4n) is 31.4. The molecule has 12 heteroatoms. The average Bonchev–Trinajstić information content (AvgIpc) is 1.35. The van der Waals surface area contributed by atoms with Gasteiger partial charge >= 0.3 is 11.9 Å². The molecule has 1 saturated carbocycles. The lowest BCUT2D eigenvalue weighted by Crippen LogP contribution is -2.41. The molecule has 0 amide bonds. The average molecular weight is 1440 g/mol. The molecule has 0 heterocycles. The third kappa shape index (κ3) is 3.69. The molecular weight excluding hydrogens is 1380 g/mol. The van der Waals surface area contributed by atoms with Crippen molar-refractivity contribution < 1.29 is 46.9 Å². The first kappa shape index (κ1) is 52.4. The van der Waals surface area contributed by atoms with Crippen LogP contribution in [-0.2, 0) is 57.7 Å². The summed E-state index contributed by atoms with van der Waals surface area (Å²) in [5.74, 6) is -1.00. The van der Waals surface area contributed by atoms with Crippen molar-refractivity contribution in [3.8, 4) is 0 Å². The molecule has 510 valence electrons. The summed E-state index contributed by atoms with van der Waals surface area (Å²) in [6.45, 7) is 26.3. The van der Waals surface area contributed by atoms with Crippen molar-refractivity contribution in [1.82, 2.24) is 0 Å². The molecule has 10 nitrogen and oxygen atoms in total. The fraction of sp³-hybridized carbons (Fsp3) is 0.278. The smallest absolute Gasteiger partial charge is 0.326 e. The number of esters is 2. The van der Waals surface area contributed by atoms with Crippen molar-refractivity contribution in [3.63, 3.8) is 0 Å². The van der Waals surface area contributed by atoms with E-state index >= 15 is 9.59 Å². The minimum absolute atomic E-state index is 0.0402. The van der Waals surface area contributed by atoms with E-state index in [1.165, 1.54) is 313 Å². The van der Waals surface area contributed by atoms with E-state index in [2.05, 4.69) is 67.7 Å². The highest BCUT2D eigenvalue weighted by atomic mass is 28.4. The Kier molecular flexibility index (Phi) is 6.50. The van der Waals surface area contributed by atoms with Gasteiger partial charge in [-0.2, -0.15) is 0 Å². The summed E-state index contributed by atoms with van der Waals surface area (Å²) in [4.78, 5) is 36.2. The lowest BCUT2D eigenvalue weighted by atomic mass is 9.68. The van der Waals surface area contributed by atoms with Gasteiger partial charge in [-0.3, -0.25) is 9.59 Å². The Morgan fingerprint density at radius 3 is 0.486 bits per heavy atom. The molecule has 5 aliphatic carbocycles. The minimum atomic E-state index is -1.94. The van der Waals surface area contributed by atoms with Crippen molar-refractivity contribution in [2.75, 3.05) is 79.3 Å². The van der Waals surface area contributed by atoms with E-state index in [1.54, 1.807) is 53.9 Å². The van der Waals surface area contributed by atoms with Gasteiger partial charge in [-0.25, -0.2) is 0 Å². The van der Waals surface area contributed by atoms with Crippen LogP contribution in [0.3, 0.4) is 0 Å². The maximum atomic E-state index is 18.1. The third-order valence-electron chi connectivity index (χ3n) is 35.4. The second-order valence-corrected chi connectivity index (χ2v) is 49.3. The molecule has 33 aromatic carbocycles. The van der Waals surface area contributed by atoms with Gasteiger partial charge in [-0.15, -0.1) is 0 Å². The van der Waals surface area contributed by atoms with Gasteiger partial charge in [0.2, 0.25) is 0 Å². The molecule has 38 rings (SSSR count). The molecule has 0 radical (unpaired) electrons. The third-order valence-corrected chi connectivity index (χ3v) is 44.5. The van der Waals surface area contributed by atoms with Crippen LogP contribution in [-0.4, -0.2) is 108 Å². The van der Waals surface area contributed by atoms with E-state index in [9.17, 15) is 0 Å². The molecule has 1 fully saturated rings. The van der Waals surface area contributed by atoms with Gasteiger partial charge in [0.1, 0.15) is 13.2 Å². The summed E-state index contributed by atoms with van der Waals surface area (Å²) in [5.41, 5.74) is 0.381. The number of benzene rings is 23. The van der Waals surface area contributed by atoms with Gasteiger partial charge in [0, 0.05) is 0 Å². The number of hydrogen-bond acceptors (Lipinski definition) is 10. The van der Waals surface area contributed by atoms with Crippen molar-refractivity contribution in [3.05, 3.63) is 22.3 Å². The predicted octanol–water partition coefficient (Wildman–Crippen LogP) is 23.4. The summed E-state index contributed by atoms with van der Waals surface area (Å²) >= 11 is 0. The van der Waals surface area contributed by atoms with E-state index in [0.717, 1.165) is 0 Å². The van der Waals surface area contributed by atoms with Gasteiger partial charge in [0.25, 0.3) is 0 Å². The van der Waals surface area contributed by atoms with Crippen LogP contribution in [0.5, 0.6) is 0 Å². The maximum Gasteiger partial charge on any atom is 0.326 e. The van der Waals surface area contributed by atoms with Crippen LogP contribution in [0, 0.1) is 5.41 Å². The standard InChI is InChI=1S/C97H54O10Si2/c1-93(2,3)108(7,8)106-21-17-102-13-11-100-15-19-104-91(98)97(92(99)105-20-16-101-12-14-103-18-22-107-109(9,10)94(4,5)6)95-87-79-71-61-51-44-35-29-23-24-26-28-27-25(23)31-38-33(27)42-43-34(28)39-32(26)41-37(30(24)35)46-52(44)62(61)72-66-56(46)48(41)58-50(39)60-54(43)64-63-53(42)59-49(38)57-47-40(31)36(29)45(51)55(47)65(71)75-69(57)77-67(59)73(63)81-82-74(64)68(60)78-70(58)76(66)84(88(95)80(72)79)86(78)90(82)96(95,97)89(81)85(77)83(75)87/h11-22H2,1-10H3. The summed E-state index contributed by atoms with van der Waals surface area (Å²) in [6.07, 6.45) is 0. The molecule has 33 aromatic rings. The monoisotopic (exact) mass is 1430 g/mol. The Morgan fingerprint density at radius 1 is 0.211 bits per heavy atom. The zero-order valence-corrected chi connectivity index (χ0v) is 63.1. The van der Waals surface area contributed by atoms with Gasteiger partial charge in [0.15, 0.2) is 22.0 Å². The Hall–Kier alpha value is -9.71. The quantitative estimate of drug-likeness (QED) is 0.0163. The van der Waals surface area contributed by atoms with E-state index in [-0.39, 0.29) is 36.5 Å². The van der Waals surface area contributed by atoms with Crippen LogP contribution in [0.1, 0.15) is 63.8 Å². The Bertz CT molecular complexity index is 9330. The molecule has 0 saturated heterocycles. The Balaban J connectivity index is 0.685. The van der Waals surface area contributed by atoms with E-state index in [0.29, 0.717) is 52.9 Å². The highest BCUT2D eigenvalue weighted by Gasteiger charge is 3.01. The summed E-state index contributed by atoms with van der Waals surface area (Å²) < 4.78 is 52.6. The number of carbonyl (C=O) groups excluding carboxylic acids is 2. The van der Waals surface area contributed by atoms with E-state index in [4.69, 9.17) is 37.3 Å². The van der Waals surface area contributed by atoms with Crippen LogP contribution in [0.15, 0.2) is 0 Å². The van der Waals surface area contributed by atoms with Crippen LogP contribution >= 0.6 is 0 Å². The van der Waals surface area contributed by atoms with Crippen molar-refractivity contribution in [2.45, 2.75) is 88.6 Å². The zero-order valence-electron chi connectivity index (χ0n) is 61.1. The molecule has 0 aromatic heterocycles. The predicted molar refractivity (Wildman–Crippen MR) is 451 cm³/mol. The first-order valence-electron chi connectivity index (χ1n) is 40.4. The van der Waals surface area contributed by atoms with Gasteiger partial charge in [-0.1, -0.05) is 41.5 Å². The summed E-state index contributed by atoms with van der Waals surface area (Å²) in [5, 5.41) is 93.8. The highest BCUT2D eigenvalue weighted by molar-refractivity contribution is 6.84. The number of rotatable bonds is 22. The molecule has 0 aliphatic heterocycles. The van der Waals surface area contributed by atoms with Crippen molar-refractivity contribution in [1.29, 1.82) is 0 Å². The molecular formula is C97H54O10Si2. The zero-order chi connectivity index (χ0) is 70.1. The molecule has 5 aliphatic rings. The van der Waals surface area contributed by atoms with Crippen molar-refractivity contribution >= 4 is 373 Å². The molecule has 2 spiro atoms. The van der Waals surface area contributed by atoms with Crippen LogP contribution < -0.4 is 0 Å². The topological polar surface area (TPSA) is 108 Å². The van der Waals surface area contributed by atoms with Crippen molar-refractivity contribution in [2.24, 2.45) is 5.41 Å². The lowest BCUT2D eigenvalue weighted by Gasteiger charge is -2.36. The van der Waals surface area contributed by atoms with E-state index < -0.39 is 44.8 Å². The summed E-state index contributed by atoms with van der Waals surface area (Å²) in [6, 6.07) is 0. The van der Waals surface area contributed by atoms with Crippen LogP contribution in [0.25, 0.3) is 345 Å². The first-order valence-corrected chi connectivity index (χ1v) is 46.3. The second-order valence-electron chi connectivity index (χ2n) is 39.7. The molecule has 109 heavy (non-hydrogen) atoms. The molecule has 0 atom stereocenters. The summed E-state index contributed by atoms with van der Waals surface area (Å²) in [7, 11) is -3.89. The Morgan fingerprint density at radius 2 is 0.339 bits per heavy atom.